The van der Waals surface area contributed by atoms with E-state index in [1.165, 1.54) is 6.33 Å². The molecule has 0 aliphatic carbocycles. The van der Waals surface area contributed by atoms with Gasteiger partial charge in [-0.1, -0.05) is 20.8 Å². The van der Waals surface area contributed by atoms with Crippen molar-refractivity contribution in [2.75, 3.05) is 5.73 Å². The molecule has 4 atom stereocenters. The average Bonchev–Trinajstić information content (AvgIpc) is 3.07. The molecular formula is C16H27N5O3Si. The van der Waals surface area contributed by atoms with E-state index >= 15 is 0 Å². The Bertz CT molecular complexity index is 745. The van der Waals surface area contributed by atoms with Crippen LogP contribution in [0, 0.1) is 5.41 Å². The molecule has 3 rings (SSSR count). The monoisotopic (exact) mass is 365 g/mol. The number of hydrogen-bond donors (Lipinski definition) is 2. The summed E-state index contributed by atoms with van der Waals surface area (Å²) in [6.45, 7) is 10.7. The van der Waals surface area contributed by atoms with E-state index in [9.17, 15) is 5.11 Å². The molecular weight excluding hydrogens is 338 g/mol. The van der Waals surface area contributed by atoms with Crippen LogP contribution in [-0.2, 0) is 9.16 Å². The summed E-state index contributed by atoms with van der Waals surface area (Å²) < 4.78 is 14.2. The number of ether oxygens (including phenoxy) is 1. The number of anilines is 1. The van der Waals surface area contributed by atoms with E-state index in [2.05, 4.69) is 48.8 Å². The van der Waals surface area contributed by atoms with E-state index in [1.807, 2.05) is 0 Å². The molecule has 2 aromatic heterocycles. The van der Waals surface area contributed by atoms with Crippen molar-refractivity contribution in [1.29, 1.82) is 0 Å². The Morgan fingerprint density at radius 3 is 2.72 bits per heavy atom. The van der Waals surface area contributed by atoms with Crippen LogP contribution in [0.15, 0.2) is 12.7 Å². The van der Waals surface area contributed by atoms with Crippen LogP contribution in [0.1, 0.15) is 33.4 Å². The van der Waals surface area contributed by atoms with Gasteiger partial charge in [0.2, 0.25) is 0 Å². The lowest BCUT2D eigenvalue weighted by molar-refractivity contribution is -0.0934. The van der Waals surface area contributed by atoms with Gasteiger partial charge in [-0.05, 0) is 18.5 Å². The smallest absolute Gasteiger partial charge is 0.171 e. The van der Waals surface area contributed by atoms with Gasteiger partial charge in [-0.3, -0.25) is 4.57 Å². The first kappa shape index (κ1) is 18.2. The van der Waals surface area contributed by atoms with Crippen LogP contribution in [0.25, 0.3) is 11.2 Å². The third-order valence-electron chi connectivity index (χ3n) is 4.39. The molecule has 1 aliphatic heterocycles. The second-order valence-corrected chi connectivity index (χ2v) is 10.3. The molecule has 1 saturated heterocycles. The quantitative estimate of drug-likeness (QED) is 0.790. The second-order valence-electron chi connectivity index (χ2n) is 7.92. The molecule has 3 heterocycles. The lowest BCUT2D eigenvalue weighted by atomic mass is 9.85. The Morgan fingerprint density at radius 1 is 1.36 bits per heavy atom. The minimum Gasteiger partial charge on any atom is -0.415 e. The summed E-state index contributed by atoms with van der Waals surface area (Å²) in [5, 5.41) is 10.6. The first-order valence-corrected chi connectivity index (χ1v) is 11.4. The molecule has 1 aliphatic rings. The summed E-state index contributed by atoms with van der Waals surface area (Å²) in [7, 11) is -1.25. The van der Waals surface area contributed by atoms with Crippen molar-refractivity contribution in [3.8, 4) is 0 Å². The molecule has 0 amide bonds. The number of nitrogen functional groups attached to an aromatic ring is 1. The van der Waals surface area contributed by atoms with E-state index in [-0.39, 0.29) is 17.6 Å². The minimum atomic E-state index is -1.25. The molecule has 2 aromatic rings. The zero-order valence-corrected chi connectivity index (χ0v) is 16.5. The molecule has 3 N–H and O–H groups in total. The molecule has 25 heavy (non-hydrogen) atoms. The highest BCUT2D eigenvalue weighted by molar-refractivity contribution is 6.48. The van der Waals surface area contributed by atoms with Crippen molar-refractivity contribution in [2.24, 2.45) is 5.41 Å². The van der Waals surface area contributed by atoms with Crippen molar-refractivity contribution in [3.05, 3.63) is 12.7 Å². The molecule has 9 heteroatoms. The van der Waals surface area contributed by atoms with E-state index in [1.54, 1.807) is 10.9 Å². The number of rotatable bonds is 4. The largest absolute Gasteiger partial charge is 0.415 e. The molecule has 8 nitrogen and oxygen atoms in total. The first-order valence-electron chi connectivity index (χ1n) is 8.60. The van der Waals surface area contributed by atoms with E-state index < -0.39 is 21.4 Å². The predicted octanol–water partition coefficient (Wildman–Crippen LogP) is 1.47. The fourth-order valence-corrected chi connectivity index (χ4v) is 4.49. The summed E-state index contributed by atoms with van der Waals surface area (Å²) in [6.07, 6.45) is 2.00. The van der Waals surface area contributed by atoms with Crippen LogP contribution in [0.4, 0.5) is 5.82 Å². The van der Waals surface area contributed by atoms with Gasteiger partial charge in [0.1, 0.15) is 17.9 Å². The zero-order chi connectivity index (χ0) is 18.4. The molecule has 0 spiro atoms. The number of aliphatic hydroxyl groups is 1. The normalized spacial score (nSPS) is 25.8. The maximum atomic E-state index is 10.6. The summed E-state index contributed by atoms with van der Waals surface area (Å²) in [5.74, 6) is 0.314. The Balaban J connectivity index is 1.88. The van der Waals surface area contributed by atoms with Gasteiger partial charge in [-0.25, -0.2) is 15.0 Å². The number of fused-ring (bicyclic) bond motifs is 1. The number of imidazole rings is 1. The van der Waals surface area contributed by atoms with Crippen molar-refractivity contribution in [3.63, 3.8) is 0 Å². The van der Waals surface area contributed by atoms with Gasteiger partial charge in [0, 0.05) is 6.42 Å². The number of aliphatic hydroxyl groups excluding tert-OH is 1. The lowest BCUT2D eigenvalue weighted by Gasteiger charge is -2.36. The van der Waals surface area contributed by atoms with E-state index in [4.69, 9.17) is 14.9 Å². The third-order valence-corrected chi connectivity index (χ3v) is 5.23. The number of nitrogens with zero attached hydrogens (tertiary/aromatic N) is 4. The summed E-state index contributed by atoms with van der Waals surface area (Å²) in [6, 6.07) is 0. The molecule has 0 saturated carbocycles. The van der Waals surface area contributed by atoms with E-state index in [0.29, 0.717) is 23.4 Å². The topological polar surface area (TPSA) is 108 Å². The summed E-state index contributed by atoms with van der Waals surface area (Å²) in [5.41, 5.74) is 6.83. The Labute approximate surface area is 149 Å². The first-order chi connectivity index (χ1) is 11.7. The molecule has 1 unspecified atom stereocenters. The van der Waals surface area contributed by atoms with Crippen LogP contribution in [-0.4, -0.2) is 52.0 Å². The highest BCUT2D eigenvalue weighted by Gasteiger charge is 2.44. The van der Waals surface area contributed by atoms with Crippen LogP contribution < -0.4 is 5.73 Å². The van der Waals surface area contributed by atoms with Crippen LogP contribution in [0.2, 0.25) is 13.1 Å². The van der Waals surface area contributed by atoms with Crippen molar-refractivity contribution in [1.82, 2.24) is 19.5 Å². The highest BCUT2D eigenvalue weighted by Crippen LogP contribution is 2.38. The highest BCUT2D eigenvalue weighted by atomic mass is 28.3. The third kappa shape index (κ3) is 3.55. The van der Waals surface area contributed by atoms with Crippen molar-refractivity contribution < 1.29 is 14.3 Å². The Morgan fingerprint density at radius 2 is 2.08 bits per heavy atom. The molecule has 0 aromatic carbocycles. The SMILES string of the molecule is C[SiH](C)OC([C@H]1C[C@H](O)[C@H](n2cnc3c(N)ncnc32)O1)C(C)(C)C. The molecule has 1 fully saturated rings. The second kappa shape index (κ2) is 6.64. The Kier molecular flexibility index (Phi) is 4.84. The summed E-state index contributed by atoms with van der Waals surface area (Å²) in [4.78, 5) is 12.5. The standard InChI is InChI=1S/C16H27N5O3Si/c1-16(2,3)12(24-25(4)5)10-6-9(22)15(23-10)21-8-20-11-13(17)18-7-19-14(11)21/h7-10,12,15,22,25H,6H2,1-5H3,(H2,17,18,19)/t9-,10+,12?,15+/m0/s1. The molecule has 0 bridgehead atoms. The zero-order valence-electron chi connectivity index (χ0n) is 15.4. The average molecular weight is 366 g/mol. The van der Waals surface area contributed by atoms with Gasteiger partial charge < -0.3 is 20.0 Å². The van der Waals surface area contributed by atoms with Gasteiger partial charge in [0.25, 0.3) is 0 Å². The number of aromatic nitrogens is 4. The lowest BCUT2D eigenvalue weighted by Crippen LogP contribution is -2.42. The Hall–Kier alpha value is -1.55. The van der Waals surface area contributed by atoms with Crippen LogP contribution in [0.5, 0.6) is 0 Å². The van der Waals surface area contributed by atoms with Gasteiger partial charge >= 0.3 is 0 Å². The molecule has 0 radical (unpaired) electrons. The van der Waals surface area contributed by atoms with Crippen LogP contribution in [0.3, 0.4) is 0 Å². The fraction of sp³-hybridized carbons (Fsp3) is 0.688. The maximum Gasteiger partial charge on any atom is 0.171 e. The minimum absolute atomic E-state index is 0.0757. The van der Waals surface area contributed by atoms with Crippen molar-refractivity contribution >= 4 is 26.0 Å². The van der Waals surface area contributed by atoms with Gasteiger partial charge in [0.15, 0.2) is 26.7 Å². The molecule has 138 valence electrons. The number of nitrogens with two attached hydrogens (primary N) is 1. The van der Waals surface area contributed by atoms with Crippen LogP contribution >= 0.6 is 0 Å². The predicted molar refractivity (Wildman–Crippen MR) is 97.5 cm³/mol. The van der Waals surface area contributed by atoms with Gasteiger partial charge in [-0.15, -0.1) is 0 Å². The van der Waals surface area contributed by atoms with Gasteiger partial charge in [-0.2, -0.15) is 0 Å². The summed E-state index contributed by atoms with van der Waals surface area (Å²) >= 11 is 0. The fourth-order valence-electron chi connectivity index (χ4n) is 3.32. The maximum absolute atomic E-state index is 10.6. The van der Waals surface area contributed by atoms with E-state index in [0.717, 1.165) is 0 Å². The number of hydrogen-bond acceptors (Lipinski definition) is 7. The van der Waals surface area contributed by atoms with Gasteiger partial charge in [0.05, 0.1) is 18.5 Å². The van der Waals surface area contributed by atoms with Crippen molar-refractivity contribution in [2.45, 2.75) is 64.8 Å².